The van der Waals surface area contributed by atoms with E-state index in [4.69, 9.17) is 0 Å². The SMILES string of the molecule is CCS(=O)(=O)NCCN(C(C)=O)c1ccccc1Br. The number of carbonyl (C=O) groups excluding carboxylic acids is 1. The van der Waals surface area contributed by atoms with Crippen LogP contribution in [0.1, 0.15) is 13.8 Å². The van der Waals surface area contributed by atoms with Gasteiger partial charge >= 0.3 is 0 Å². The topological polar surface area (TPSA) is 66.5 Å². The van der Waals surface area contributed by atoms with Gasteiger partial charge in [0.05, 0.1) is 11.4 Å². The molecule has 0 aliphatic heterocycles. The fourth-order valence-corrected chi connectivity index (χ4v) is 2.64. The van der Waals surface area contributed by atoms with Crippen LogP contribution in [0.5, 0.6) is 0 Å². The number of sulfonamides is 1. The van der Waals surface area contributed by atoms with Gasteiger partial charge in [-0.2, -0.15) is 0 Å². The number of hydrogen-bond acceptors (Lipinski definition) is 3. The van der Waals surface area contributed by atoms with Crippen molar-refractivity contribution in [3.63, 3.8) is 0 Å². The predicted molar refractivity (Wildman–Crippen MR) is 79.6 cm³/mol. The molecule has 0 aromatic heterocycles. The summed E-state index contributed by atoms with van der Waals surface area (Å²) in [6.45, 7) is 3.50. The normalized spacial score (nSPS) is 11.3. The van der Waals surface area contributed by atoms with E-state index in [1.54, 1.807) is 13.0 Å². The van der Waals surface area contributed by atoms with Gasteiger partial charge in [0, 0.05) is 24.5 Å². The van der Waals surface area contributed by atoms with Crippen LogP contribution in [-0.2, 0) is 14.8 Å². The molecule has 1 rings (SSSR count). The van der Waals surface area contributed by atoms with E-state index >= 15 is 0 Å². The zero-order chi connectivity index (χ0) is 14.5. The average Bonchev–Trinajstić information content (AvgIpc) is 2.35. The first-order chi connectivity index (χ1) is 8.87. The van der Waals surface area contributed by atoms with Crippen LogP contribution in [0.15, 0.2) is 28.7 Å². The quantitative estimate of drug-likeness (QED) is 0.851. The maximum absolute atomic E-state index is 11.6. The van der Waals surface area contributed by atoms with Crippen molar-refractivity contribution >= 4 is 37.5 Å². The van der Waals surface area contributed by atoms with Crippen molar-refractivity contribution in [3.8, 4) is 0 Å². The van der Waals surface area contributed by atoms with Gasteiger partial charge in [-0.05, 0) is 35.0 Å². The van der Waals surface area contributed by atoms with Crippen molar-refractivity contribution in [2.24, 2.45) is 0 Å². The summed E-state index contributed by atoms with van der Waals surface area (Å²) < 4.78 is 25.9. The summed E-state index contributed by atoms with van der Waals surface area (Å²) in [4.78, 5) is 13.2. The van der Waals surface area contributed by atoms with Gasteiger partial charge in [0.2, 0.25) is 15.9 Å². The molecule has 1 N–H and O–H groups in total. The summed E-state index contributed by atoms with van der Waals surface area (Å²) in [6.07, 6.45) is 0. The lowest BCUT2D eigenvalue weighted by molar-refractivity contribution is -0.116. The Morgan fingerprint density at radius 3 is 2.53 bits per heavy atom. The van der Waals surface area contributed by atoms with Gasteiger partial charge in [-0.15, -0.1) is 0 Å². The Hall–Kier alpha value is -0.920. The van der Waals surface area contributed by atoms with E-state index in [0.717, 1.165) is 10.2 Å². The van der Waals surface area contributed by atoms with Crippen LogP contribution < -0.4 is 9.62 Å². The van der Waals surface area contributed by atoms with Crippen molar-refractivity contribution in [2.75, 3.05) is 23.7 Å². The highest BCUT2D eigenvalue weighted by Gasteiger charge is 2.15. The van der Waals surface area contributed by atoms with Crippen molar-refractivity contribution < 1.29 is 13.2 Å². The van der Waals surface area contributed by atoms with Gasteiger partial charge in [-0.25, -0.2) is 13.1 Å². The molecule has 106 valence electrons. The van der Waals surface area contributed by atoms with E-state index in [2.05, 4.69) is 20.7 Å². The Labute approximate surface area is 122 Å². The maximum atomic E-state index is 11.6. The summed E-state index contributed by atoms with van der Waals surface area (Å²) in [5.74, 6) is -0.107. The molecule has 0 bridgehead atoms. The van der Waals surface area contributed by atoms with E-state index in [9.17, 15) is 13.2 Å². The number of carbonyl (C=O) groups is 1. The fourth-order valence-electron chi connectivity index (χ4n) is 1.53. The maximum Gasteiger partial charge on any atom is 0.223 e. The van der Waals surface area contributed by atoms with Crippen molar-refractivity contribution in [3.05, 3.63) is 28.7 Å². The third-order valence-electron chi connectivity index (χ3n) is 2.56. The van der Waals surface area contributed by atoms with Gasteiger partial charge < -0.3 is 4.90 Å². The molecule has 5 nitrogen and oxygen atoms in total. The number of para-hydroxylation sites is 1. The predicted octanol–water partition coefficient (Wildman–Crippen LogP) is 1.74. The molecule has 0 aliphatic rings. The van der Waals surface area contributed by atoms with Crippen molar-refractivity contribution in [2.45, 2.75) is 13.8 Å². The number of hydrogen-bond donors (Lipinski definition) is 1. The molecule has 0 saturated carbocycles. The smallest absolute Gasteiger partial charge is 0.223 e. The molecule has 0 unspecified atom stereocenters. The summed E-state index contributed by atoms with van der Waals surface area (Å²) in [5.41, 5.74) is 0.727. The Morgan fingerprint density at radius 1 is 1.37 bits per heavy atom. The van der Waals surface area contributed by atoms with E-state index < -0.39 is 10.0 Å². The molecule has 0 fully saturated rings. The van der Waals surface area contributed by atoms with Gasteiger partial charge in [0.15, 0.2) is 0 Å². The van der Waals surface area contributed by atoms with Gasteiger partial charge in [-0.1, -0.05) is 12.1 Å². The molecule has 0 heterocycles. The molecule has 0 radical (unpaired) electrons. The highest BCUT2D eigenvalue weighted by Crippen LogP contribution is 2.25. The van der Waals surface area contributed by atoms with E-state index in [0.29, 0.717) is 0 Å². The van der Waals surface area contributed by atoms with Crippen LogP contribution in [0.2, 0.25) is 0 Å². The number of halogens is 1. The molecular formula is C12H17BrN2O3S. The summed E-state index contributed by atoms with van der Waals surface area (Å²) in [7, 11) is -3.23. The minimum atomic E-state index is -3.23. The first kappa shape index (κ1) is 16.1. The monoisotopic (exact) mass is 348 g/mol. The zero-order valence-corrected chi connectivity index (χ0v) is 13.3. The largest absolute Gasteiger partial charge is 0.310 e. The molecule has 1 aromatic rings. The minimum absolute atomic E-state index is 0.0299. The first-order valence-electron chi connectivity index (χ1n) is 5.87. The Bertz CT molecular complexity index is 546. The van der Waals surface area contributed by atoms with Gasteiger partial charge in [0.25, 0.3) is 0 Å². The van der Waals surface area contributed by atoms with Gasteiger partial charge in [0.1, 0.15) is 0 Å². The minimum Gasteiger partial charge on any atom is -0.310 e. The number of rotatable bonds is 6. The molecule has 0 atom stereocenters. The fraction of sp³-hybridized carbons (Fsp3) is 0.417. The second kappa shape index (κ2) is 7.02. The Kier molecular flexibility index (Phi) is 5.96. The zero-order valence-electron chi connectivity index (χ0n) is 10.9. The van der Waals surface area contributed by atoms with E-state index in [1.807, 2.05) is 18.2 Å². The highest BCUT2D eigenvalue weighted by atomic mass is 79.9. The lowest BCUT2D eigenvalue weighted by Crippen LogP contribution is -2.38. The van der Waals surface area contributed by atoms with Crippen LogP contribution in [0.4, 0.5) is 5.69 Å². The van der Waals surface area contributed by atoms with Crippen LogP contribution >= 0.6 is 15.9 Å². The molecule has 7 heteroatoms. The molecule has 1 amide bonds. The molecule has 1 aromatic carbocycles. The second-order valence-electron chi connectivity index (χ2n) is 3.92. The van der Waals surface area contributed by atoms with Crippen molar-refractivity contribution in [1.82, 2.24) is 4.72 Å². The Balaban J connectivity index is 2.76. The number of benzene rings is 1. The molecular weight excluding hydrogens is 332 g/mol. The lowest BCUT2D eigenvalue weighted by atomic mass is 10.3. The average molecular weight is 349 g/mol. The number of amides is 1. The molecule has 19 heavy (non-hydrogen) atoms. The van der Waals surface area contributed by atoms with E-state index in [1.165, 1.54) is 11.8 Å². The lowest BCUT2D eigenvalue weighted by Gasteiger charge is -2.22. The third kappa shape index (κ3) is 4.93. The van der Waals surface area contributed by atoms with Crippen LogP contribution in [0, 0.1) is 0 Å². The molecule has 0 spiro atoms. The van der Waals surface area contributed by atoms with E-state index in [-0.39, 0.29) is 24.7 Å². The Morgan fingerprint density at radius 2 is 2.00 bits per heavy atom. The first-order valence-corrected chi connectivity index (χ1v) is 8.32. The van der Waals surface area contributed by atoms with Crippen LogP contribution in [0.3, 0.4) is 0 Å². The van der Waals surface area contributed by atoms with Crippen molar-refractivity contribution in [1.29, 1.82) is 0 Å². The number of nitrogens with one attached hydrogen (secondary N) is 1. The number of anilines is 1. The van der Waals surface area contributed by atoms with Gasteiger partial charge in [-0.3, -0.25) is 4.79 Å². The second-order valence-corrected chi connectivity index (χ2v) is 6.87. The molecule has 0 aliphatic carbocycles. The standard InChI is InChI=1S/C12H17BrN2O3S/c1-3-19(17,18)14-8-9-15(10(2)16)12-7-5-4-6-11(12)13/h4-7,14H,3,8-9H2,1-2H3. The third-order valence-corrected chi connectivity index (χ3v) is 4.64. The number of nitrogens with zero attached hydrogens (tertiary/aromatic N) is 1. The van der Waals surface area contributed by atoms with Crippen LogP contribution in [-0.4, -0.2) is 33.2 Å². The summed E-state index contributed by atoms with van der Waals surface area (Å²) >= 11 is 3.38. The van der Waals surface area contributed by atoms with Crippen LogP contribution in [0.25, 0.3) is 0 Å². The summed E-state index contributed by atoms with van der Waals surface area (Å²) in [6, 6.07) is 7.32. The molecule has 0 saturated heterocycles. The summed E-state index contributed by atoms with van der Waals surface area (Å²) in [5, 5.41) is 0. The highest BCUT2D eigenvalue weighted by molar-refractivity contribution is 9.10.